The van der Waals surface area contributed by atoms with E-state index < -0.39 is 0 Å². The lowest BCUT2D eigenvalue weighted by molar-refractivity contribution is 0.132. The molecule has 2 aromatic rings. The summed E-state index contributed by atoms with van der Waals surface area (Å²) in [6.45, 7) is 20.9. The Bertz CT molecular complexity index is 512. The van der Waals surface area contributed by atoms with Gasteiger partial charge in [-0.15, -0.1) is 11.3 Å². The molecule has 2 N–H and O–H groups in total. The van der Waals surface area contributed by atoms with Gasteiger partial charge in [-0.05, 0) is 54.8 Å². The molecule has 166 valence electrons. The molecule has 1 heterocycles. The van der Waals surface area contributed by atoms with E-state index in [1.54, 1.807) is 18.3 Å². The molecule has 0 aliphatic rings. The Morgan fingerprint density at radius 1 is 0.964 bits per heavy atom. The minimum atomic E-state index is -0.275. The lowest BCUT2D eigenvalue weighted by Gasteiger charge is -2.07. The Hall–Kier alpha value is -0.940. The minimum Gasteiger partial charge on any atom is -0.392 e. The van der Waals surface area contributed by atoms with E-state index in [-0.39, 0.29) is 6.10 Å². The fourth-order valence-electron chi connectivity index (χ4n) is 2.07. The van der Waals surface area contributed by atoms with Crippen molar-refractivity contribution >= 4 is 21.4 Å². The van der Waals surface area contributed by atoms with Crippen LogP contribution in [0.15, 0.2) is 29.6 Å². The number of hydrogen-bond donors (Lipinski definition) is 2. The lowest BCUT2D eigenvalue weighted by atomic mass is 10.1. The molecule has 28 heavy (non-hydrogen) atoms. The number of nitrogens with one attached hydrogen (secondary N) is 1. The molecule has 4 heteroatoms. The maximum atomic E-state index is 9.09. The molecule has 3 nitrogen and oxygen atoms in total. The number of aliphatic hydroxyl groups is 1. The van der Waals surface area contributed by atoms with Gasteiger partial charge in [0.05, 0.1) is 12.7 Å². The van der Waals surface area contributed by atoms with Crippen molar-refractivity contribution in [3.63, 3.8) is 0 Å². The number of thiophene rings is 1. The maximum absolute atomic E-state index is 9.09. The molecule has 0 bridgehead atoms. The molecular weight excluding hydrogens is 366 g/mol. The maximum Gasteiger partial charge on any atom is 0.0636 e. The van der Waals surface area contributed by atoms with E-state index in [0.29, 0.717) is 6.54 Å². The molecular formula is C24H47NO2S. The summed E-state index contributed by atoms with van der Waals surface area (Å²) in [6, 6.07) is 8.79. The van der Waals surface area contributed by atoms with Crippen molar-refractivity contribution in [2.45, 2.75) is 81.3 Å². The number of benzene rings is 1. The highest BCUT2D eigenvalue weighted by molar-refractivity contribution is 7.17. The van der Waals surface area contributed by atoms with E-state index in [0.717, 1.165) is 32.6 Å². The Labute approximate surface area is 179 Å². The van der Waals surface area contributed by atoms with Gasteiger partial charge in [0.1, 0.15) is 0 Å². The Morgan fingerprint density at radius 2 is 1.61 bits per heavy atom. The second-order valence-electron chi connectivity index (χ2n) is 5.06. The third kappa shape index (κ3) is 17.2. The molecule has 0 fully saturated rings. The molecule has 1 atom stereocenters. The van der Waals surface area contributed by atoms with E-state index in [1.807, 2.05) is 55.4 Å². The fraction of sp³-hybridized carbons (Fsp3) is 0.667. The predicted molar refractivity (Wildman–Crippen MR) is 131 cm³/mol. The number of hydrogen-bond acceptors (Lipinski definition) is 4. The van der Waals surface area contributed by atoms with Crippen LogP contribution in [0.3, 0.4) is 0 Å². The standard InChI is InChI=1S/C16H23NO2S.4C2H6/c1-13(18)12-17-7-2-8-19-9-5-14-3-4-16-15(11-14)6-10-20-16;4*1-2/h3-4,6,10-11,13,17-18H,2,5,7-9,12H2,1H3;4*1-2H3. The van der Waals surface area contributed by atoms with Crippen molar-refractivity contribution in [1.82, 2.24) is 5.32 Å². The van der Waals surface area contributed by atoms with Gasteiger partial charge >= 0.3 is 0 Å². The average Bonchev–Trinajstić information content (AvgIpc) is 3.23. The summed E-state index contributed by atoms with van der Waals surface area (Å²) >= 11 is 1.78. The van der Waals surface area contributed by atoms with E-state index in [9.17, 15) is 0 Å². The van der Waals surface area contributed by atoms with Gasteiger partial charge < -0.3 is 15.2 Å². The number of fused-ring (bicyclic) bond motifs is 1. The summed E-state index contributed by atoms with van der Waals surface area (Å²) in [4.78, 5) is 0. The van der Waals surface area contributed by atoms with Gasteiger partial charge in [-0.1, -0.05) is 67.5 Å². The second-order valence-corrected chi connectivity index (χ2v) is 6.01. The number of aliphatic hydroxyl groups excluding tert-OH is 1. The van der Waals surface area contributed by atoms with Crippen LogP contribution in [0.25, 0.3) is 10.1 Å². The first-order valence-electron chi connectivity index (χ1n) is 11.2. The van der Waals surface area contributed by atoms with Gasteiger partial charge in [-0.2, -0.15) is 0 Å². The van der Waals surface area contributed by atoms with Crippen LogP contribution in [0.5, 0.6) is 0 Å². The normalized spacial score (nSPS) is 10.1. The minimum absolute atomic E-state index is 0.275. The van der Waals surface area contributed by atoms with Crippen LogP contribution < -0.4 is 5.32 Å². The summed E-state index contributed by atoms with van der Waals surface area (Å²) in [5, 5.41) is 15.7. The smallest absolute Gasteiger partial charge is 0.0636 e. The van der Waals surface area contributed by atoms with Gasteiger partial charge in [-0.3, -0.25) is 0 Å². The topological polar surface area (TPSA) is 41.5 Å². The molecule has 0 saturated heterocycles. The van der Waals surface area contributed by atoms with Crippen LogP contribution in [0, 0.1) is 0 Å². The molecule has 0 radical (unpaired) electrons. The first kappa shape index (κ1) is 31.7. The van der Waals surface area contributed by atoms with Crippen molar-refractivity contribution in [1.29, 1.82) is 0 Å². The quantitative estimate of drug-likeness (QED) is 0.438. The van der Waals surface area contributed by atoms with E-state index in [4.69, 9.17) is 9.84 Å². The van der Waals surface area contributed by atoms with Crippen molar-refractivity contribution in [2.24, 2.45) is 0 Å². The predicted octanol–water partition coefficient (Wildman–Crippen LogP) is 6.93. The van der Waals surface area contributed by atoms with Crippen LogP contribution >= 0.6 is 11.3 Å². The van der Waals surface area contributed by atoms with E-state index in [1.165, 1.54) is 15.6 Å². The van der Waals surface area contributed by atoms with Crippen LogP contribution in [0.2, 0.25) is 0 Å². The lowest BCUT2D eigenvalue weighted by Crippen LogP contribution is -2.25. The van der Waals surface area contributed by atoms with Gasteiger partial charge in [0.15, 0.2) is 0 Å². The monoisotopic (exact) mass is 413 g/mol. The summed E-state index contributed by atoms with van der Waals surface area (Å²) in [5.41, 5.74) is 1.34. The zero-order valence-corrected chi connectivity index (χ0v) is 20.8. The highest BCUT2D eigenvalue weighted by Gasteiger charge is 1.98. The Balaban J connectivity index is -0.000000695. The second kappa shape index (κ2) is 26.1. The van der Waals surface area contributed by atoms with Crippen LogP contribution in [-0.2, 0) is 11.2 Å². The van der Waals surface area contributed by atoms with Crippen LogP contribution in [0.4, 0.5) is 0 Å². The SMILES string of the molecule is CC.CC.CC.CC.CC(O)CNCCCOCCc1ccc2sccc2c1. The summed E-state index contributed by atoms with van der Waals surface area (Å²) in [7, 11) is 0. The largest absolute Gasteiger partial charge is 0.392 e. The molecule has 0 aliphatic carbocycles. The van der Waals surface area contributed by atoms with Gasteiger partial charge in [0.25, 0.3) is 0 Å². The van der Waals surface area contributed by atoms with Crippen molar-refractivity contribution in [3.8, 4) is 0 Å². The molecule has 0 amide bonds. The van der Waals surface area contributed by atoms with E-state index in [2.05, 4.69) is 35.0 Å². The third-order valence-corrected chi connectivity index (χ3v) is 4.03. The number of rotatable bonds is 9. The molecule has 0 aliphatic heterocycles. The third-order valence-electron chi connectivity index (χ3n) is 3.13. The Kier molecular flexibility index (Phi) is 29.5. The summed E-state index contributed by atoms with van der Waals surface area (Å²) in [5.74, 6) is 0. The fourth-order valence-corrected chi connectivity index (χ4v) is 2.84. The molecule has 1 unspecified atom stereocenters. The van der Waals surface area contributed by atoms with E-state index >= 15 is 0 Å². The highest BCUT2D eigenvalue weighted by atomic mass is 32.1. The summed E-state index contributed by atoms with van der Waals surface area (Å²) < 4.78 is 6.98. The van der Waals surface area contributed by atoms with Crippen LogP contribution in [0.1, 0.15) is 74.3 Å². The van der Waals surface area contributed by atoms with Gasteiger partial charge in [0.2, 0.25) is 0 Å². The first-order valence-corrected chi connectivity index (χ1v) is 12.1. The van der Waals surface area contributed by atoms with Crippen molar-refractivity contribution in [3.05, 3.63) is 35.2 Å². The van der Waals surface area contributed by atoms with Gasteiger partial charge in [0, 0.05) is 17.9 Å². The summed E-state index contributed by atoms with van der Waals surface area (Å²) in [6.07, 6.45) is 1.67. The average molecular weight is 414 g/mol. The molecule has 0 spiro atoms. The zero-order valence-electron chi connectivity index (χ0n) is 20.0. The van der Waals surface area contributed by atoms with Crippen LogP contribution in [-0.4, -0.2) is 37.5 Å². The molecule has 1 aromatic heterocycles. The van der Waals surface area contributed by atoms with Gasteiger partial charge in [-0.25, -0.2) is 0 Å². The molecule has 2 rings (SSSR count). The zero-order chi connectivity index (χ0) is 22.2. The van der Waals surface area contributed by atoms with Crippen molar-refractivity contribution in [2.75, 3.05) is 26.3 Å². The Morgan fingerprint density at radius 3 is 2.21 bits per heavy atom. The molecule has 0 saturated carbocycles. The van der Waals surface area contributed by atoms with Crippen molar-refractivity contribution < 1.29 is 9.84 Å². The highest BCUT2D eigenvalue weighted by Crippen LogP contribution is 2.21. The molecule has 1 aromatic carbocycles. The first-order chi connectivity index (χ1) is 13.8. The number of ether oxygens (including phenoxy) is 1.